The van der Waals surface area contributed by atoms with Gasteiger partial charge in [-0.25, -0.2) is 0 Å². The van der Waals surface area contributed by atoms with Gasteiger partial charge in [0.1, 0.15) is 11.3 Å². The maximum absolute atomic E-state index is 12.9. The van der Waals surface area contributed by atoms with Crippen LogP contribution < -0.4 is 0 Å². The molecule has 1 aliphatic heterocycles. The van der Waals surface area contributed by atoms with E-state index in [0.29, 0.717) is 25.2 Å². The van der Waals surface area contributed by atoms with E-state index in [0.717, 1.165) is 28.2 Å². The second-order valence-electron chi connectivity index (χ2n) is 7.69. The molecule has 1 fully saturated rings. The molecule has 0 saturated carbocycles. The van der Waals surface area contributed by atoms with E-state index in [2.05, 4.69) is 15.3 Å². The smallest absolute Gasteiger partial charge is 0.274 e. The normalized spacial score (nSPS) is 19.4. The van der Waals surface area contributed by atoms with Gasteiger partial charge < -0.3 is 10.0 Å². The highest BCUT2D eigenvalue weighted by molar-refractivity contribution is 5.92. The summed E-state index contributed by atoms with van der Waals surface area (Å²) < 4.78 is 1.88. The number of hydrogen-bond donors (Lipinski definition) is 2. The van der Waals surface area contributed by atoms with E-state index < -0.39 is 5.60 Å². The van der Waals surface area contributed by atoms with Crippen molar-refractivity contribution < 1.29 is 9.90 Å². The third-order valence-corrected chi connectivity index (χ3v) is 5.45. The molecule has 2 aromatic heterocycles. The van der Waals surface area contributed by atoms with Crippen molar-refractivity contribution in [3.8, 4) is 0 Å². The lowest BCUT2D eigenvalue weighted by molar-refractivity contribution is 0.0410. The van der Waals surface area contributed by atoms with E-state index in [1.807, 2.05) is 55.8 Å². The van der Waals surface area contributed by atoms with Gasteiger partial charge in [0.15, 0.2) is 0 Å². The molecular formula is C21H25N5O2. The average molecular weight is 379 g/mol. The number of carbonyl (C=O) groups excluding carboxylic acids is 1. The van der Waals surface area contributed by atoms with Crippen LogP contribution in [0.3, 0.4) is 0 Å². The second kappa shape index (κ2) is 6.91. The summed E-state index contributed by atoms with van der Waals surface area (Å²) in [7, 11) is 0. The summed E-state index contributed by atoms with van der Waals surface area (Å²) in [5.74, 6) is -0.166. The predicted octanol–water partition coefficient (Wildman–Crippen LogP) is 2.31. The first-order valence-corrected chi connectivity index (χ1v) is 9.49. The molecule has 0 spiro atoms. The molecule has 3 heterocycles. The van der Waals surface area contributed by atoms with Gasteiger partial charge in [0, 0.05) is 12.2 Å². The number of aromatic amines is 1. The largest absolute Gasteiger partial charge is 0.383 e. The minimum Gasteiger partial charge on any atom is -0.383 e. The SMILES string of the molecule is Cc1cc(C)n(Cc2cc(C(=O)N3CC[C@@](O)(c4ccccc4C)C3)n[nH]2)n1. The summed E-state index contributed by atoms with van der Waals surface area (Å²) in [6.45, 7) is 7.25. The highest BCUT2D eigenvalue weighted by atomic mass is 16.3. The van der Waals surface area contributed by atoms with Crippen LogP contribution in [0.5, 0.6) is 0 Å². The van der Waals surface area contributed by atoms with E-state index in [1.165, 1.54) is 0 Å². The highest BCUT2D eigenvalue weighted by Crippen LogP contribution is 2.34. The molecule has 0 bridgehead atoms. The van der Waals surface area contributed by atoms with Crippen molar-refractivity contribution in [1.29, 1.82) is 0 Å². The number of aliphatic hydroxyl groups is 1. The topological polar surface area (TPSA) is 87.0 Å². The Hall–Kier alpha value is -2.93. The first-order chi connectivity index (χ1) is 13.4. The monoisotopic (exact) mass is 379 g/mol. The summed E-state index contributed by atoms with van der Waals surface area (Å²) in [4.78, 5) is 14.6. The van der Waals surface area contributed by atoms with Gasteiger partial charge in [-0.3, -0.25) is 14.6 Å². The van der Waals surface area contributed by atoms with E-state index in [1.54, 1.807) is 11.0 Å². The maximum Gasteiger partial charge on any atom is 0.274 e. The van der Waals surface area contributed by atoms with Gasteiger partial charge in [-0.05, 0) is 50.5 Å². The fourth-order valence-corrected chi connectivity index (χ4v) is 3.99. The zero-order valence-electron chi connectivity index (χ0n) is 16.4. The van der Waals surface area contributed by atoms with Crippen LogP contribution in [0.4, 0.5) is 0 Å². The van der Waals surface area contributed by atoms with Gasteiger partial charge in [0.2, 0.25) is 0 Å². The first kappa shape index (κ1) is 18.4. The van der Waals surface area contributed by atoms with Crippen LogP contribution in [0.15, 0.2) is 36.4 Å². The summed E-state index contributed by atoms with van der Waals surface area (Å²) >= 11 is 0. The molecule has 28 heavy (non-hydrogen) atoms. The van der Waals surface area contributed by atoms with Crippen molar-refractivity contribution in [1.82, 2.24) is 24.9 Å². The zero-order chi connectivity index (χ0) is 19.9. The average Bonchev–Trinajstić information content (AvgIpc) is 3.35. The minimum absolute atomic E-state index is 0.166. The number of amides is 1. The Kier molecular flexibility index (Phi) is 4.55. The summed E-state index contributed by atoms with van der Waals surface area (Å²) in [6, 6.07) is 11.6. The highest BCUT2D eigenvalue weighted by Gasteiger charge is 2.41. The van der Waals surface area contributed by atoms with Crippen molar-refractivity contribution in [3.05, 3.63) is 70.3 Å². The van der Waals surface area contributed by atoms with Crippen molar-refractivity contribution in [2.75, 3.05) is 13.1 Å². The van der Waals surface area contributed by atoms with Crippen LogP contribution in [-0.2, 0) is 12.1 Å². The molecule has 0 aliphatic carbocycles. The molecular weight excluding hydrogens is 354 g/mol. The lowest BCUT2D eigenvalue weighted by atomic mass is 9.89. The van der Waals surface area contributed by atoms with Crippen molar-refractivity contribution in [3.63, 3.8) is 0 Å². The molecule has 1 aliphatic rings. The van der Waals surface area contributed by atoms with Gasteiger partial charge >= 0.3 is 0 Å². The lowest BCUT2D eigenvalue weighted by Gasteiger charge is -2.25. The molecule has 7 heteroatoms. The summed E-state index contributed by atoms with van der Waals surface area (Å²) in [6.07, 6.45) is 0.520. The molecule has 1 atom stereocenters. The van der Waals surface area contributed by atoms with E-state index in [9.17, 15) is 9.90 Å². The van der Waals surface area contributed by atoms with Crippen molar-refractivity contribution in [2.24, 2.45) is 0 Å². The van der Waals surface area contributed by atoms with Crippen LogP contribution in [0.1, 0.15) is 45.1 Å². The van der Waals surface area contributed by atoms with E-state index in [-0.39, 0.29) is 12.5 Å². The molecule has 3 aromatic rings. The third kappa shape index (κ3) is 3.33. The summed E-state index contributed by atoms with van der Waals surface area (Å²) in [5, 5.41) is 22.7. The Morgan fingerprint density at radius 3 is 2.75 bits per heavy atom. The Bertz CT molecular complexity index is 1020. The van der Waals surface area contributed by atoms with Crippen LogP contribution >= 0.6 is 0 Å². The Balaban J connectivity index is 1.48. The van der Waals surface area contributed by atoms with Gasteiger partial charge in [0.25, 0.3) is 5.91 Å². The molecule has 146 valence electrons. The third-order valence-electron chi connectivity index (χ3n) is 5.45. The molecule has 4 rings (SSSR count). The minimum atomic E-state index is -1.01. The van der Waals surface area contributed by atoms with Crippen LogP contribution in [0, 0.1) is 20.8 Å². The number of likely N-dealkylation sites (tertiary alicyclic amines) is 1. The number of hydrogen-bond acceptors (Lipinski definition) is 4. The molecule has 2 N–H and O–H groups in total. The fourth-order valence-electron chi connectivity index (χ4n) is 3.99. The van der Waals surface area contributed by atoms with Gasteiger partial charge in [0.05, 0.1) is 24.5 Å². The van der Waals surface area contributed by atoms with Gasteiger partial charge in [-0.15, -0.1) is 0 Å². The van der Waals surface area contributed by atoms with E-state index in [4.69, 9.17) is 0 Å². The lowest BCUT2D eigenvalue weighted by Crippen LogP contribution is -2.35. The van der Waals surface area contributed by atoms with Crippen LogP contribution in [0.2, 0.25) is 0 Å². The van der Waals surface area contributed by atoms with Crippen LogP contribution in [0.25, 0.3) is 0 Å². The van der Waals surface area contributed by atoms with Gasteiger partial charge in [-0.1, -0.05) is 24.3 Å². The number of aryl methyl sites for hydroxylation is 3. The van der Waals surface area contributed by atoms with Gasteiger partial charge in [-0.2, -0.15) is 10.2 Å². The standard InChI is InChI=1S/C21H25N5O2/c1-14-6-4-5-7-18(14)21(28)8-9-25(13-21)20(27)19-11-17(22-23-19)12-26-16(3)10-15(2)24-26/h4-7,10-11,28H,8-9,12-13H2,1-3H3,(H,22,23)/t21-/m0/s1. The summed E-state index contributed by atoms with van der Waals surface area (Å²) in [5.41, 5.74) is 4.12. The number of H-pyrrole nitrogens is 1. The number of carbonyl (C=O) groups is 1. The first-order valence-electron chi connectivity index (χ1n) is 9.49. The molecule has 1 aromatic carbocycles. The van der Waals surface area contributed by atoms with E-state index >= 15 is 0 Å². The number of nitrogens with one attached hydrogen (secondary N) is 1. The quantitative estimate of drug-likeness (QED) is 0.728. The molecule has 0 unspecified atom stereocenters. The number of aromatic nitrogens is 4. The van der Waals surface area contributed by atoms with Crippen LogP contribution in [-0.4, -0.2) is 49.0 Å². The van der Waals surface area contributed by atoms with Crippen molar-refractivity contribution >= 4 is 5.91 Å². The van der Waals surface area contributed by atoms with Crippen molar-refractivity contribution in [2.45, 2.75) is 39.3 Å². The Labute approximate surface area is 164 Å². The number of nitrogens with zero attached hydrogens (tertiary/aromatic N) is 4. The number of benzene rings is 1. The predicted molar refractivity (Wildman–Crippen MR) is 105 cm³/mol. The Morgan fingerprint density at radius 1 is 1.25 bits per heavy atom. The molecule has 1 amide bonds. The zero-order valence-corrected chi connectivity index (χ0v) is 16.4. The molecule has 0 radical (unpaired) electrons. The number of β-amino-alcohol motifs (C(OH)–C–C–N with tert-alkyl or cyclic N) is 1. The molecule has 7 nitrogen and oxygen atoms in total. The maximum atomic E-state index is 12.9. The fraction of sp³-hybridized carbons (Fsp3) is 0.381. The number of rotatable bonds is 4. The Morgan fingerprint density at radius 2 is 2.04 bits per heavy atom. The second-order valence-corrected chi connectivity index (χ2v) is 7.69. The molecule has 1 saturated heterocycles.